The number of ether oxygens (including phenoxy) is 2. The lowest BCUT2D eigenvalue weighted by molar-refractivity contribution is 0.310. The van der Waals surface area contributed by atoms with Gasteiger partial charge in [-0.2, -0.15) is 0 Å². The number of nitrogen functional groups attached to an aromatic ring is 1. The highest BCUT2D eigenvalue weighted by Crippen LogP contribution is 2.28. The van der Waals surface area contributed by atoms with Crippen LogP contribution in [0.2, 0.25) is 0 Å². The fourth-order valence-electron chi connectivity index (χ4n) is 2.01. The van der Waals surface area contributed by atoms with Gasteiger partial charge in [0.1, 0.15) is 0 Å². The molecule has 2 rings (SSSR count). The Bertz CT molecular complexity index is 758. The molecule has 0 atom stereocenters. The lowest BCUT2D eigenvalue weighted by Crippen LogP contribution is -2.23. The lowest BCUT2D eigenvalue weighted by atomic mass is 10.2. The summed E-state index contributed by atoms with van der Waals surface area (Å²) in [6.07, 6.45) is 0. The Labute approximate surface area is 136 Å². The summed E-state index contributed by atoms with van der Waals surface area (Å²) in [5, 5.41) is 0. The largest absolute Gasteiger partial charge is 0.493 e. The van der Waals surface area contributed by atoms with Crippen LogP contribution in [0.5, 0.6) is 11.5 Å². The highest BCUT2D eigenvalue weighted by Gasteiger charge is 2.14. The summed E-state index contributed by atoms with van der Waals surface area (Å²) in [5.41, 5.74) is 6.85. The number of sulfonamides is 1. The molecule has 0 radical (unpaired) electrons. The van der Waals surface area contributed by atoms with Crippen molar-refractivity contribution in [1.82, 2.24) is 4.72 Å². The van der Waals surface area contributed by atoms with Crippen LogP contribution in [0.4, 0.5) is 5.69 Å². The van der Waals surface area contributed by atoms with Crippen LogP contribution in [0.3, 0.4) is 0 Å². The topological polar surface area (TPSA) is 90.7 Å². The van der Waals surface area contributed by atoms with Gasteiger partial charge >= 0.3 is 0 Å². The number of benzene rings is 2. The standard InChI is InChI=1S/C16H20N2O4S/c1-3-22-16-10-12(4-9-15(16)21-2)11-18-23(19,20)14-7-5-13(17)6-8-14/h4-10,18H,3,11,17H2,1-2H3. The summed E-state index contributed by atoms with van der Waals surface area (Å²) < 4.78 is 37.7. The molecule has 0 aromatic heterocycles. The maximum atomic E-state index is 12.2. The number of anilines is 1. The molecular formula is C16H20N2O4S. The molecule has 0 saturated heterocycles. The molecule has 2 aromatic rings. The normalized spacial score (nSPS) is 11.2. The van der Waals surface area contributed by atoms with E-state index >= 15 is 0 Å². The molecule has 0 unspecified atom stereocenters. The second kappa shape index (κ2) is 7.34. The Kier molecular flexibility index (Phi) is 5.46. The van der Waals surface area contributed by atoms with Crippen molar-refractivity contribution < 1.29 is 17.9 Å². The molecule has 0 bridgehead atoms. The van der Waals surface area contributed by atoms with E-state index in [1.165, 1.54) is 12.1 Å². The number of rotatable bonds is 7. The van der Waals surface area contributed by atoms with Gasteiger partial charge in [-0.3, -0.25) is 0 Å². The summed E-state index contributed by atoms with van der Waals surface area (Å²) in [5.74, 6) is 1.19. The fraction of sp³-hybridized carbons (Fsp3) is 0.250. The maximum Gasteiger partial charge on any atom is 0.240 e. The minimum absolute atomic E-state index is 0.150. The van der Waals surface area contributed by atoms with E-state index in [0.29, 0.717) is 23.8 Å². The Morgan fingerprint density at radius 2 is 1.78 bits per heavy atom. The first-order chi connectivity index (χ1) is 11.0. The second-order valence-electron chi connectivity index (χ2n) is 4.81. The molecule has 7 heteroatoms. The van der Waals surface area contributed by atoms with E-state index in [4.69, 9.17) is 15.2 Å². The minimum atomic E-state index is -3.59. The van der Waals surface area contributed by atoms with Gasteiger partial charge in [0.2, 0.25) is 10.0 Å². The predicted octanol–water partition coefficient (Wildman–Crippen LogP) is 2.15. The first-order valence-electron chi connectivity index (χ1n) is 7.11. The Morgan fingerprint density at radius 1 is 1.09 bits per heavy atom. The second-order valence-corrected chi connectivity index (χ2v) is 6.58. The van der Waals surface area contributed by atoms with Crippen molar-refractivity contribution in [1.29, 1.82) is 0 Å². The summed E-state index contributed by atoms with van der Waals surface area (Å²) in [7, 11) is -2.04. The maximum absolute atomic E-state index is 12.2. The number of methoxy groups -OCH3 is 1. The summed E-state index contributed by atoms with van der Waals surface area (Å²) in [4.78, 5) is 0.172. The molecule has 0 heterocycles. The molecule has 3 N–H and O–H groups in total. The third-order valence-electron chi connectivity index (χ3n) is 3.18. The third-order valence-corrected chi connectivity index (χ3v) is 4.60. The van der Waals surface area contributed by atoms with Crippen LogP contribution in [-0.4, -0.2) is 22.1 Å². The molecule has 0 aliphatic carbocycles. The van der Waals surface area contributed by atoms with Gasteiger partial charge in [-0.25, -0.2) is 13.1 Å². The number of nitrogens with one attached hydrogen (secondary N) is 1. The smallest absolute Gasteiger partial charge is 0.240 e. The summed E-state index contributed by atoms with van der Waals surface area (Å²) in [6.45, 7) is 2.52. The summed E-state index contributed by atoms with van der Waals surface area (Å²) >= 11 is 0. The van der Waals surface area contributed by atoms with Crippen LogP contribution in [0.25, 0.3) is 0 Å². The molecular weight excluding hydrogens is 316 g/mol. The van der Waals surface area contributed by atoms with Crippen molar-refractivity contribution in [3.63, 3.8) is 0 Å². The average molecular weight is 336 g/mol. The van der Waals surface area contributed by atoms with E-state index < -0.39 is 10.0 Å². The first kappa shape index (κ1) is 17.1. The van der Waals surface area contributed by atoms with Gasteiger partial charge in [-0.15, -0.1) is 0 Å². The predicted molar refractivity (Wildman–Crippen MR) is 89.0 cm³/mol. The van der Waals surface area contributed by atoms with Crippen LogP contribution in [0, 0.1) is 0 Å². The van der Waals surface area contributed by atoms with Crippen molar-refractivity contribution in [2.24, 2.45) is 0 Å². The van der Waals surface area contributed by atoms with Gasteiger partial charge in [0.25, 0.3) is 0 Å². The SMILES string of the molecule is CCOc1cc(CNS(=O)(=O)c2ccc(N)cc2)ccc1OC. The molecule has 0 spiro atoms. The molecule has 0 fully saturated rings. The molecule has 2 aromatic carbocycles. The monoisotopic (exact) mass is 336 g/mol. The lowest BCUT2D eigenvalue weighted by Gasteiger charge is -2.12. The van der Waals surface area contributed by atoms with Crippen molar-refractivity contribution in [3.05, 3.63) is 48.0 Å². The number of hydrogen-bond acceptors (Lipinski definition) is 5. The van der Waals surface area contributed by atoms with E-state index in [-0.39, 0.29) is 11.4 Å². The zero-order valence-electron chi connectivity index (χ0n) is 13.1. The van der Waals surface area contributed by atoms with Crippen LogP contribution in [0.15, 0.2) is 47.4 Å². The van der Waals surface area contributed by atoms with Crippen LogP contribution >= 0.6 is 0 Å². The Balaban J connectivity index is 2.13. The highest BCUT2D eigenvalue weighted by atomic mass is 32.2. The molecule has 0 amide bonds. The zero-order chi connectivity index (χ0) is 16.9. The Hall–Kier alpha value is -2.25. The van der Waals surface area contributed by atoms with Crippen LogP contribution < -0.4 is 19.9 Å². The van der Waals surface area contributed by atoms with Crippen LogP contribution in [0.1, 0.15) is 12.5 Å². The van der Waals surface area contributed by atoms with E-state index in [9.17, 15) is 8.42 Å². The van der Waals surface area contributed by atoms with Gasteiger partial charge in [-0.05, 0) is 48.9 Å². The molecule has 124 valence electrons. The quantitative estimate of drug-likeness (QED) is 0.756. The van der Waals surface area contributed by atoms with E-state index in [0.717, 1.165) is 5.56 Å². The van der Waals surface area contributed by atoms with Gasteiger partial charge in [0.15, 0.2) is 11.5 Å². The zero-order valence-corrected chi connectivity index (χ0v) is 13.9. The molecule has 0 aliphatic rings. The summed E-state index contributed by atoms with van der Waals surface area (Å²) in [6, 6.07) is 11.3. The van der Waals surface area contributed by atoms with E-state index in [1.54, 1.807) is 37.4 Å². The van der Waals surface area contributed by atoms with Gasteiger partial charge in [0, 0.05) is 12.2 Å². The van der Waals surface area contributed by atoms with E-state index in [1.807, 2.05) is 6.92 Å². The van der Waals surface area contributed by atoms with E-state index in [2.05, 4.69) is 4.72 Å². The van der Waals surface area contributed by atoms with Gasteiger partial charge < -0.3 is 15.2 Å². The third kappa shape index (κ3) is 4.37. The van der Waals surface area contributed by atoms with Crippen molar-refractivity contribution in [2.45, 2.75) is 18.4 Å². The molecule has 0 saturated carbocycles. The molecule has 0 aliphatic heterocycles. The van der Waals surface area contributed by atoms with Gasteiger partial charge in [-0.1, -0.05) is 6.07 Å². The van der Waals surface area contributed by atoms with Crippen molar-refractivity contribution >= 4 is 15.7 Å². The molecule has 23 heavy (non-hydrogen) atoms. The fourth-order valence-corrected chi connectivity index (χ4v) is 3.03. The number of hydrogen-bond donors (Lipinski definition) is 2. The van der Waals surface area contributed by atoms with Crippen molar-refractivity contribution in [2.75, 3.05) is 19.5 Å². The minimum Gasteiger partial charge on any atom is -0.493 e. The highest BCUT2D eigenvalue weighted by molar-refractivity contribution is 7.89. The average Bonchev–Trinajstić information content (AvgIpc) is 2.54. The van der Waals surface area contributed by atoms with Gasteiger partial charge in [0.05, 0.1) is 18.6 Å². The van der Waals surface area contributed by atoms with Crippen LogP contribution in [-0.2, 0) is 16.6 Å². The molecule has 6 nitrogen and oxygen atoms in total. The first-order valence-corrected chi connectivity index (χ1v) is 8.59. The van der Waals surface area contributed by atoms with Crippen molar-refractivity contribution in [3.8, 4) is 11.5 Å². The Morgan fingerprint density at radius 3 is 2.39 bits per heavy atom. The number of nitrogens with two attached hydrogens (primary N) is 1.